The molecular formula is C14H11ClO2. The molecule has 2 aromatic rings. The third-order valence-electron chi connectivity index (χ3n) is 2.55. The minimum absolute atomic E-state index is 0.0100. The van der Waals surface area contributed by atoms with E-state index in [0.717, 1.165) is 11.1 Å². The molecule has 0 aliphatic rings. The van der Waals surface area contributed by atoms with Crippen LogP contribution in [0.5, 0.6) is 5.75 Å². The normalized spacial score (nSPS) is 10.2. The van der Waals surface area contributed by atoms with Crippen LogP contribution in [-0.4, -0.2) is 10.9 Å². The molecule has 0 atom stereocenters. The van der Waals surface area contributed by atoms with E-state index in [9.17, 15) is 9.90 Å². The average Bonchev–Trinajstić information content (AvgIpc) is 2.30. The van der Waals surface area contributed by atoms with E-state index in [0.29, 0.717) is 10.6 Å². The third-order valence-corrected chi connectivity index (χ3v) is 2.87. The first kappa shape index (κ1) is 11.7. The van der Waals surface area contributed by atoms with Crippen molar-refractivity contribution in [1.82, 2.24) is 0 Å². The SMILES string of the molecule is CC(=O)c1ccc(-c2ccc(O)cc2)c(Cl)c1. The van der Waals surface area contributed by atoms with Gasteiger partial charge in [0.15, 0.2) is 5.78 Å². The lowest BCUT2D eigenvalue weighted by molar-refractivity contribution is 0.101. The van der Waals surface area contributed by atoms with E-state index < -0.39 is 0 Å². The number of ketones is 1. The summed E-state index contributed by atoms with van der Waals surface area (Å²) in [6, 6.07) is 12.0. The maximum absolute atomic E-state index is 11.2. The third kappa shape index (κ3) is 2.48. The molecule has 1 N–H and O–H groups in total. The van der Waals surface area contributed by atoms with Gasteiger partial charge >= 0.3 is 0 Å². The number of phenols is 1. The Bertz CT molecular complexity index is 559. The smallest absolute Gasteiger partial charge is 0.159 e. The predicted molar refractivity (Wildman–Crippen MR) is 68.6 cm³/mol. The van der Waals surface area contributed by atoms with Crippen LogP contribution >= 0.6 is 11.6 Å². The molecule has 2 rings (SSSR count). The Morgan fingerprint density at radius 3 is 2.29 bits per heavy atom. The summed E-state index contributed by atoms with van der Waals surface area (Å²) in [6.45, 7) is 1.51. The number of hydrogen-bond acceptors (Lipinski definition) is 2. The standard InChI is InChI=1S/C14H11ClO2/c1-9(16)11-4-7-13(14(15)8-11)10-2-5-12(17)6-3-10/h2-8,17H,1H3. The van der Waals surface area contributed by atoms with Crippen LogP contribution < -0.4 is 0 Å². The molecule has 0 unspecified atom stereocenters. The molecule has 2 nitrogen and oxygen atoms in total. The number of carbonyl (C=O) groups excluding carboxylic acids is 1. The molecule has 17 heavy (non-hydrogen) atoms. The van der Waals surface area contributed by atoms with Gasteiger partial charge in [-0.1, -0.05) is 35.9 Å². The van der Waals surface area contributed by atoms with Gasteiger partial charge in [0.1, 0.15) is 5.75 Å². The monoisotopic (exact) mass is 246 g/mol. The summed E-state index contributed by atoms with van der Waals surface area (Å²) >= 11 is 6.13. The van der Waals surface area contributed by atoms with E-state index in [2.05, 4.69) is 0 Å². The summed E-state index contributed by atoms with van der Waals surface area (Å²) < 4.78 is 0. The number of benzene rings is 2. The van der Waals surface area contributed by atoms with Crippen LogP contribution in [0, 0.1) is 0 Å². The van der Waals surface area contributed by atoms with E-state index in [4.69, 9.17) is 11.6 Å². The van der Waals surface area contributed by atoms with Gasteiger partial charge in [-0.2, -0.15) is 0 Å². The summed E-state index contributed by atoms with van der Waals surface area (Å²) in [6.07, 6.45) is 0. The molecule has 0 aliphatic carbocycles. The lowest BCUT2D eigenvalue weighted by atomic mass is 10.0. The summed E-state index contributed by atoms with van der Waals surface area (Å²) in [4.78, 5) is 11.2. The van der Waals surface area contributed by atoms with E-state index in [1.807, 2.05) is 6.07 Å². The maximum atomic E-state index is 11.2. The first-order valence-electron chi connectivity index (χ1n) is 5.18. The van der Waals surface area contributed by atoms with Crippen molar-refractivity contribution in [2.45, 2.75) is 6.92 Å². The number of rotatable bonds is 2. The highest BCUT2D eigenvalue weighted by Crippen LogP contribution is 2.29. The predicted octanol–water partition coefficient (Wildman–Crippen LogP) is 3.92. The molecule has 2 aromatic carbocycles. The Labute approximate surface area is 104 Å². The molecule has 0 heterocycles. The minimum atomic E-state index is -0.0100. The van der Waals surface area contributed by atoms with E-state index in [1.54, 1.807) is 36.4 Å². The van der Waals surface area contributed by atoms with Gasteiger partial charge in [-0.3, -0.25) is 4.79 Å². The number of carbonyl (C=O) groups is 1. The second-order valence-corrected chi connectivity index (χ2v) is 4.20. The Morgan fingerprint density at radius 2 is 1.76 bits per heavy atom. The molecule has 3 heteroatoms. The van der Waals surface area contributed by atoms with Crippen LogP contribution in [0.25, 0.3) is 11.1 Å². The van der Waals surface area contributed by atoms with Crippen molar-refractivity contribution in [1.29, 1.82) is 0 Å². The molecule has 0 aliphatic heterocycles. The van der Waals surface area contributed by atoms with Gasteiger partial charge in [-0.25, -0.2) is 0 Å². The first-order chi connectivity index (χ1) is 8.08. The van der Waals surface area contributed by atoms with Crippen molar-refractivity contribution in [3.8, 4) is 16.9 Å². The molecule has 0 bridgehead atoms. The zero-order valence-corrected chi connectivity index (χ0v) is 10.0. The fraction of sp³-hybridized carbons (Fsp3) is 0.0714. The quantitative estimate of drug-likeness (QED) is 0.816. The number of phenolic OH excluding ortho intramolecular Hbond substituents is 1. The lowest BCUT2D eigenvalue weighted by Gasteiger charge is -2.06. The van der Waals surface area contributed by atoms with Crippen LogP contribution in [0.3, 0.4) is 0 Å². The van der Waals surface area contributed by atoms with Crippen LogP contribution in [0.15, 0.2) is 42.5 Å². The Balaban J connectivity index is 2.46. The van der Waals surface area contributed by atoms with Gasteiger partial charge in [-0.15, -0.1) is 0 Å². The zero-order chi connectivity index (χ0) is 12.4. The van der Waals surface area contributed by atoms with E-state index in [-0.39, 0.29) is 11.5 Å². The summed E-state index contributed by atoms with van der Waals surface area (Å²) in [5.74, 6) is 0.203. The second-order valence-electron chi connectivity index (χ2n) is 3.80. The zero-order valence-electron chi connectivity index (χ0n) is 9.27. The maximum Gasteiger partial charge on any atom is 0.159 e. The number of Topliss-reactive ketones (excluding diaryl/α,β-unsaturated/α-hetero) is 1. The number of halogens is 1. The highest BCUT2D eigenvalue weighted by molar-refractivity contribution is 6.33. The molecule has 0 amide bonds. The van der Waals surface area contributed by atoms with Crippen LogP contribution in [0.1, 0.15) is 17.3 Å². The fourth-order valence-corrected chi connectivity index (χ4v) is 1.90. The number of aromatic hydroxyl groups is 1. The Hall–Kier alpha value is -1.80. The van der Waals surface area contributed by atoms with Crippen molar-refractivity contribution < 1.29 is 9.90 Å². The largest absolute Gasteiger partial charge is 0.508 e. The van der Waals surface area contributed by atoms with Gasteiger partial charge in [0.2, 0.25) is 0 Å². The van der Waals surface area contributed by atoms with Crippen molar-refractivity contribution in [3.05, 3.63) is 53.1 Å². The molecule has 0 spiro atoms. The van der Waals surface area contributed by atoms with Gasteiger partial charge in [0.05, 0.1) is 0 Å². The summed E-state index contributed by atoms with van der Waals surface area (Å²) in [5, 5.41) is 9.74. The van der Waals surface area contributed by atoms with Crippen LogP contribution in [-0.2, 0) is 0 Å². The highest BCUT2D eigenvalue weighted by Gasteiger charge is 2.06. The van der Waals surface area contributed by atoms with E-state index in [1.165, 1.54) is 6.92 Å². The second kappa shape index (κ2) is 4.60. The minimum Gasteiger partial charge on any atom is -0.508 e. The average molecular weight is 247 g/mol. The molecule has 0 radical (unpaired) electrons. The molecule has 86 valence electrons. The number of hydrogen-bond donors (Lipinski definition) is 1. The van der Waals surface area contributed by atoms with Gasteiger partial charge < -0.3 is 5.11 Å². The van der Waals surface area contributed by atoms with Crippen molar-refractivity contribution in [3.63, 3.8) is 0 Å². The van der Waals surface area contributed by atoms with Gasteiger partial charge in [-0.05, 0) is 30.7 Å². The molecule has 0 fully saturated rings. The van der Waals surface area contributed by atoms with E-state index >= 15 is 0 Å². The first-order valence-corrected chi connectivity index (χ1v) is 5.55. The van der Waals surface area contributed by atoms with Gasteiger partial charge in [0.25, 0.3) is 0 Å². The summed E-state index contributed by atoms with van der Waals surface area (Å²) in [5.41, 5.74) is 2.34. The molecular weight excluding hydrogens is 236 g/mol. The Kier molecular flexibility index (Phi) is 3.16. The van der Waals surface area contributed by atoms with Crippen LogP contribution in [0.4, 0.5) is 0 Å². The summed E-state index contributed by atoms with van der Waals surface area (Å²) in [7, 11) is 0. The molecule has 0 saturated heterocycles. The topological polar surface area (TPSA) is 37.3 Å². The highest BCUT2D eigenvalue weighted by atomic mass is 35.5. The van der Waals surface area contributed by atoms with Gasteiger partial charge in [0, 0.05) is 16.1 Å². The fourth-order valence-electron chi connectivity index (χ4n) is 1.61. The Morgan fingerprint density at radius 1 is 1.12 bits per heavy atom. The van der Waals surface area contributed by atoms with Crippen molar-refractivity contribution >= 4 is 17.4 Å². The van der Waals surface area contributed by atoms with Crippen LogP contribution in [0.2, 0.25) is 5.02 Å². The van der Waals surface area contributed by atoms with Crippen molar-refractivity contribution in [2.24, 2.45) is 0 Å². The molecule has 0 aromatic heterocycles. The lowest BCUT2D eigenvalue weighted by Crippen LogP contribution is -1.92. The molecule has 0 saturated carbocycles. The van der Waals surface area contributed by atoms with Crippen molar-refractivity contribution in [2.75, 3.05) is 0 Å².